The van der Waals surface area contributed by atoms with E-state index in [1.807, 2.05) is 6.92 Å². The molecule has 0 N–H and O–H groups in total. The van der Waals surface area contributed by atoms with Gasteiger partial charge in [0, 0.05) is 5.56 Å². The molecule has 2 aromatic heterocycles. The fourth-order valence-electron chi connectivity index (χ4n) is 1.83. The molecule has 8 heteroatoms. The number of hydrogen-bond donors (Lipinski definition) is 0. The average molecular weight is 313 g/mol. The van der Waals surface area contributed by atoms with Gasteiger partial charge in [0.2, 0.25) is 4.96 Å². The van der Waals surface area contributed by atoms with Gasteiger partial charge in [-0.1, -0.05) is 12.1 Å². The quantitative estimate of drug-likeness (QED) is 0.737. The van der Waals surface area contributed by atoms with Gasteiger partial charge in [0.15, 0.2) is 0 Å². The average Bonchev–Trinajstić information content (AvgIpc) is 2.96. The second kappa shape index (κ2) is 5.03. The molecule has 0 unspecified atom stereocenters. The molecule has 0 aliphatic rings. The molecule has 2 heterocycles. The predicted molar refractivity (Wildman–Crippen MR) is 72.5 cm³/mol. The van der Waals surface area contributed by atoms with Gasteiger partial charge in [-0.15, -0.1) is 5.10 Å². The van der Waals surface area contributed by atoms with Crippen LogP contribution in [0.25, 0.3) is 16.2 Å². The molecule has 1 aromatic carbocycles. The number of imidazole rings is 1. The lowest BCUT2D eigenvalue weighted by molar-refractivity contribution is -0.137. The summed E-state index contributed by atoms with van der Waals surface area (Å²) in [5.41, 5.74) is 0.508. The summed E-state index contributed by atoms with van der Waals surface area (Å²) in [5.74, 6) is 0. The van der Waals surface area contributed by atoms with Crippen molar-refractivity contribution in [1.82, 2.24) is 14.6 Å². The second-order valence-electron chi connectivity index (χ2n) is 4.23. The Balaban J connectivity index is 1.91. The van der Waals surface area contributed by atoms with Gasteiger partial charge in [0.05, 0.1) is 24.1 Å². The molecule has 0 aliphatic carbocycles. The van der Waals surface area contributed by atoms with Crippen molar-refractivity contribution in [3.05, 3.63) is 36.0 Å². The van der Waals surface area contributed by atoms with Gasteiger partial charge < -0.3 is 4.74 Å². The van der Waals surface area contributed by atoms with Crippen molar-refractivity contribution >= 4 is 16.3 Å². The maximum Gasteiger partial charge on any atom is 0.416 e. The number of ether oxygens (including phenoxy) is 1. The first kappa shape index (κ1) is 13.9. The molecule has 0 bridgehead atoms. The van der Waals surface area contributed by atoms with Crippen LogP contribution in [0.15, 0.2) is 30.5 Å². The highest BCUT2D eigenvalue weighted by Crippen LogP contribution is 2.31. The van der Waals surface area contributed by atoms with Gasteiger partial charge >= 0.3 is 6.18 Å². The molecule has 21 heavy (non-hydrogen) atoms. The number of halogens is 3. The highest BCUT2D eigenvalue weighted by atomic mass is 32.1. The molecule has 0 fully saturated rings. The van der Waals surface area contributed by atoms with E-state index in [1.165, 1.54) is 23.5 Å². The summed E-state index contributed by atoms with van der Waals surface area (Å²) in [5, 5.41) is 4.69. The monoisotopic (exact) mass is 313 g/mol. The Morgan fingerprint density at radius 2 is 1.95 bits per heavy atom. The summed E-state index contributed by atoms with van der Waals surface area (Å²) in [6.45, 7) is 2.38. The Morgan fingerprint density at radius 3 is 2.52 bits per heavy atom. The number of rotatable bonds is 3. The van der Waals surface area contributed by atoms with Gasteiger partial charge in [-0.2, -0.15) is 13.2 Å². The van der Waals surface area contributed by atoms with Crippen LogP contribution in [-0.4, -0.2) is 21.2 Å². The molecule has 0 radical (unpaired) electrons. The van der Waals surface area contributed by atoms with Crippen LogP contribution in [0, 0.1) is 0 Å². The van der Waals surface area contributed by atoms with E-state index < -0.39 is 11.7 Å². The summed E-state index contributed by atoms with van der Waals surface area (Å²) >= 11 is 1.28. The minimum absolute atomic E-state index is 0.513. The lowest BCUT2D eigenvalue weighted by Gasteiger charge is -2.06. The number of benzene rings is 1. The van der Waals surface area contributed by atoms with Gasteiger partial charge in [-0.05, 0) is 30.4 Å². The van der Waals surface area contributed by atoms with E-state index in [0.717, 1.165) is 12.1 Å². The topological polar surface area (TPSA) is 39.4 Å². The first-order chi connectivity index (χ1) is 9.97. The Bertz CT molecular complexity index is 730. The van der Waals surface area contributed by atoms with Crippen molar-refractivity contribution in [2.75, 3.05) is 6.61 Å². The largest absolute Gasteiger partial charge is 0.469 e. The summed E-state index contributed by atoms with van der Waals surface area (Å²) in [4.78, 5) is 4.97. The van der Waals surface area contributed by atoms with Crippen LogP contribution in [0.5, 0.6) is 5.19 Å². The van der Waals surface area contributed by atoms with E-state index in [9.17, 15) is 13.2 Å². The number of fused-ring (bicyclic) bond motifs is 1. The Morgan fingerprint density at radius 1 is 1.24 bits per heavy atom. The molecule has 3 aromatic rings. The highest BCUT2D eigenvalue weighted by molar-refractivity contribution is 7.18. The number of alkyl halides is 3. The zero-order valence-corrected chi connectivity index (χ0v) is 11.7. The minimum atomic E-state index is -4.33. The normalized spacial score (nSPS) is 12.0. The Hall–Kier alpha value is -2.09. The van der Waals surface area contributed by atoms with Gasteiger partial charge in [0.1, 0.15) is 0 Å². The third-order valence-corrected chi connectivity index (χ3v) is 3.64. The molecular weight excluding hydrogens is 303 g/mol. The van der Waals surface area contributed by atoms with E-state index in [1.54, 1.807) is 10.7 Å². The van der Waals surface area contributed by atoms with E-state index >= 15 is 0 Å². The Labute approximate surface area is 121 Å². The Kier molecular flexibility index (Phi) is 3.32. The van der Waals surface area contributed by atoms with Crippen molar-refractivity contribution in [2.45, 2.75) is 13.1 Å². The SMILES string of the molecule is CCOc1nn2cc(-c3ccc(C(F)(F)F)cc3)nc2s1. The fourth-order valence-corrected chi connectivity index (χ4v) is 2.63. The highest BCUT2D eigenvalue weighted by Gasteiger charge is 2.30. The molecule has 4 nitrogen and oxygen atoms in total. The lowest BCUT2D eigenvalue weighted by atomic mass is 10.1. The molecule has 0 spiro atoms. The maximum absolute atomic E-state index is 12.5. The van der Waals surface area contributed by atoms with Gasteiger partial charge in [0.25, 0.3) is 5.19 Å². The van der Waals surface area contributed by atoms with Crippen molar-refractivity contribution < 1.29 is 17.9 Å². The number of nitrogens with zero attached hydrogens (tertiary/aromatic N) is 3. The molecule has 0 amide bonds. The fraction of sp³-hybridized carbons (Fsp3) is 0.231. The van der Waals surface area contributed by atoms with Crippen LogP contribution in [-0.2, 0) is 6.18 Å². The first-order valence-corrected chi connectivity index (χ1v) is 6.95. The van der Waals surface area contributed by atoms with E-state index in [2.05, 4.69) is 10.1 Å². The van der Waals surface area contributed by atoms with Crippen LogP contribution >= 0.6 is 11.3 Å². The molecule has 0 saturated heterocycles. The third kappa shape index (κ3) is 2.71. The zero-order chi connectivity index (χ0) is 15.0. The summed E-state index contributed by atoms with van der Waals surface area (Å²) in [6, 6.07) is 4.89. The first-order valence-electron chi connectivity index (χ1n) is 6.14. The number of hydrogen-bond acceptors (Lipinski definition) is 4. The van der Waals surface area contributed by atoms with Crippen LogP contribution in [0.1, 0.15) is 12.5 Å². The lowest BCUT2D eigenvalue weighted by Crippen LogP contribution is -2.03. The van der Waals surface area contributed by atoms with Gasteiger partial charge in [-0.25, -0.2) is 9.50 Å². The standard InChI is InChI=1S/C13H10F3N3OS/c1-2-20-12-18-19-7-10(17-11(19)21-12)8-3-5-9(6-4-8)13(14,15)16/h3-7H,2H2,1H3. The molecule has 0 atom stereocenters. The molecule has 0 aliphatic heterocycles. The predicted octanol–water partition coefficient (Wildman–Crippen LogP) is 3.88. The maximum atomic E-state index is 12.5. The van der Waals surface area contributed by atoms with Crippen molar-refractivity contribution in [3.8, 4) is 16.5 Å². The van der Waals surface area contributed by atoms with E-state index in [4.69, 9.17) is 4.74 Å². The van der Waals surface area contributed by atoms with E-state index in [0.29, 0.717) is 28.0 Å². The zero-order valence-electron chi connectivity index (χ0n) is 10.9. The second-order valence-corrected chi connectivity index (χ2v) is 5.15. The van der Waals surface area contributed by atoms with Crippen LogP contribution < -0.4 is 4.74 Å². The summed E-state index contributed by atoms with van der Waals surface area (Å²) in [7, 11) is 0. The van der Waals surface area contributed by atoms with Crippen LogP contribution in [0.2, 0.25) is 0 Å². The summed E-state index contributed by atoms with van der Waals surface area (Å²) in [6.07, 6.45) is -2.67. The van der Waals surface area contributed by atoms with Crippen molar-refractivity contribution in [1.29, 1.82) is 0 Å². The van der Waals surface area contributed by atoms with Crippen molar-refractivity contribution in [3.63, 3.8) is 0 Å². The molecule has 0 saturated carbocycles. The smallest absolute Gasteiger partial charge is 0.416 e. The minimum Gasteiger partial charge on any atom is -0.469 e. The summed E-state index contributed by atoms with van der Waals surface area (Å²) < 4.78 is 44.4. The number of aromatic nitrogens is 3. The molecular formula is C13H10F3N3OS. The van der Waals surface area contributed by atoms with Crippen molar-refractivity contribution in [2.24, 2.45) is 0 Å². The van der Waals surface area contributed by atoms with E-state index in [-0.39, 0.29) is 0 Å². The third-order valence-electron chi connectivity index (χ3n) is 2.80. The van der Waals surface area contributed by atoms with Crippen LogP contribution in [0.4, 0.5) is 13.2 Å². The van der Waals surface area contributed by atoms with Crippen LogP contribution in [0.3, 0.4) is 0 Å². The van der Waals surface area contributed by atoms with Gasteiger partial charge in [-0.3, -0.25) is 0 Å². The molecule has 3 rings (SSSR count). The molecule has 110 valence electrons.